The lowest BCUT2D eigenvalue weighted by molar-refractivity contribution is 0.0527. The van der Waals surface area contributed by atoms with E-state index in [4.69, 9.17) is 16.3 Å². The summed E-state index contributed by atoms with van der Waals surface area (Å²) >= 11 is 5.79. The van der Waals surface area contributed by atoms with E-state index >= 15 is 0 Å². The van der Waals surface area contributed by atoms with Crippen LogP contribution in [0.25, 0.3) is 0 Å². The summed E-state index contributed by atoms with van der Waals surface area (Å²) in [6.07, 6.45) is 0. The first-order chi connectivity index (χ1) is 10.9. The zero-order valence-electron chi connectivity index (χ0n) is 12.7. The molecule has 0 fully saturated rings. The van der Waals surface area contributed by atoms with E-state index in [1.54, 1.807) is 25.1 Å². The highest BCUT2D eigenvalue weighted by Gasteiger charge is 2.25. The molecule has 2 aromatic rings. The van der Waals surface area contributed by atoms with Crippen LogP contribution >= 0.6 is 11.6 Å². The molecule has 0 unspecified atom stereocenters. The van der Waals surface area contributed by atoms with Crippen LogP contribution in [0.15, 0.2) is 53.4 Å². The lowest BCUT2D eigenvalue weighted by Crippen LogP contribution is -2.28. The Morgan fingerprint density at radius 2 is 1.74 bits per heavy atom. The standard InChI is InChI=1S/C16H16ClNO4S/c1-3-22-16(19)14-6-4-5-7-15(14)18(2)23(20,21)13-10-8-12(17)9-11-13/h4-11H,3H2,1-2H3. The van der Waals surface area contributed by atoms with Crippen molar-refractivity contribution < 1.29 is 17.9 Å². The molecule has 0 saturated carbocycles. The molecule has 0 radical (unpaired) electrons. The van der Waals surface area contributed by atoms with Crippen LogP contribution in [0.2, 0.25) is 5.02 Å². The summed E-state index contributed by atoms with van der Waals surface area (Å²) in [5.41, 5.74) is 0.440. The molecule has 0 aliphatic heterocycles. The molecule has 0 atom stereocenters. The average molecular weight is 354 g/mol. The number of carbonyl (C=O) groups is 1. The van der Waals surface area contributed by atoms with Gasteiger partial charge in [-0.1, -0.05) is 23.7 Å². The number of hydrogen-bond donors (Lipinski definition) is 0. The van der Waals surface area contributed by atoms with Crippen LogP contribution in [-0.4, -0.2) is 28.0 Å². The third kappa shape index (κ3) is 3.65. The van der Waals surface area contributed by atoms with Crippen molar-refractivity contribution >= 4 is 33.3 Å². The second-order valence-electron chi connectivity index (χ2n) is 4.66. The smallest absolute Gasteiger partial charge is 0.340 e. The molecular formula is C16H16ClNO4S. The molecule has 0 spiro atoms. The SMILES string of the molecule is CCOC(=O)c1ccccc1N(C)S(=O)(=O)c1ccc(Cl)cc1. The molecule has 0 aliphatic rings. The maximum absolute atomic E-state index is 12.7. The fourth-order valence-electron chi connectivity index (χ4n) is 2.02. The fourth-order valence-corrected chi connectivity index (χ4v) is 3.36. The Labute approximate surface area is 140 Å². The lowest BCUT2D eigenvalue weighted by atomic mass is 10.2. The van der Waals surface area contributed by atoms with Gasteiger partial charge in [0.2, 0.25) is 0 Å². The number of benzene rings is 2. The van der Waals surface area contributed by atoms with E-state index in [0.717, 1.165) is 4.31 Å². The van der Waals surface area contributed by atoms with Gasteiger partial charge in [0, 0.05) is 12.1 Å². The average Bonchev–Trinajstić information content (AvgIpc) is 2.54. The number of hydrogen-bond acceptors (Lipinski definition) is 4. The van der Waals surface area contributed by atoms with E-state index in [0.29, 0.717) is 5.02 Å². The Bertz CT molecular complexity index is 803. The van der Waals surface area contributed by atoms with Crippen LogP contribution < -0.4 is 4.31 Å². The van der Waals surface area contributed by atoms with Gasteiger partial charge in [0.25, 0.3) is 10.0 Å². The number of esters is 1. The minimum atomic E-state index is -3.81. The maximum atomic E-state index is 12.7. The molecule has 0 amide bonds. The van der Waals surface area contributed by atoms with E-state index in [9.17, 15) is 13.2 Å². The van der Waals surface area contributed by atoms with Gasteiger partial charge in [-0.25, -0.2) is 13.2 Å². The molecule has 2 rings (SSSR count). The number of rotatable bonds is 5. The van der Waals surface area contributed by atoms with Crippen LogP contribution in [0.5, 0.6) is 0 Å². The van der Waals surface area contributed by atoms with Crippen molar-refractivity contribution in [3.05, 3.63) is 59.1 Å². The van der Waals surface area contributed by atoms with Gasteiger partial charge in [-0.15, -0.1) is 0 Å². The molecule has 2 aromatic carbocycles. The van der Waals surface area contributed by atoms with Gasteiger partial charge in [-0.3, -0.25) is 4.31 Å². The monoisotopic (exact) mass is 353 g/mol. The molecule has 0 N–H and O–H groups in total. The third-order valence-corrected chi connectivity index (χ3v) is 5.25. The summed E-state index contributed by atoms with van der Waals surface area (Å²) in [7, 11) is -2.42. The predicted molar refractivity (Wildman–Crippen MR) is 89.4 cm³/mol. The molecular weight excluding hydrogens is 338 g/mol. The second-order valence-corrected chi connectivity index (χ2v) is 7.07. The molecule has 5 nitrogen and oxygen atoms in total. The number of anilines is 1. The van der Waals surface area contributed by atoms with Crippen LogP contribution in [-0.2, 0) is 14.8 Å². The van der Waals surface area contributed by atoms with E-state index < -0.39 is 16.0 Å². The van der Waals surface area contributed by atoms with Crippen molar-refractivity contribution in [2.24, 2.45) is 0 Å². The molecule has 7 heteroatoms. The second kappa shape index (κ2) is 7.02. The maximum Gasteiger partial charge on any atom is 0.340 e. The van der Waals surface area contributed by atoms with E-state index in [1.807, 2.05) is 0 Å². The van der Waals surface area contributed by atoms with Gasteiger partial charge in [0.05, 0.1) is 22.8 Å². The summed E-state index contributed by atoms with van der Waals surface area (Å²) < 4.78 is 31.4. The Morgan fingerprint density at radius 3 is 2.35 bits per heavy atom. The van der Waals surface area contributed by atoms with Gasteiger partial charge in [-0.05, 0) is 43.3 Å². The number of halogens is 1. The minimum absolute atomic E-state index is 0.0862. The molecule has 122 valence electrons. The van der Waals surface area contributed by atoms with Crippen molar-refractivity contribution in [3.63, 3.8) is 0 Å². The van der Waals surface area contributed by atoms with Crippen molar-refractivity contribution in [2.75, 3.05) is 18.0 Å². The van der Waals surface area contributed by atoms with Gasteiger partial charge >= 0.3 is 5.97 Å². The topological polar surface area (TPSA) is 63.7 Å². The molecule has 23 heavy (non-hydrogen) atoms. The van der Waals surface area contributed by atoms with Crippen molar-refractivity contribution in [1.82, 2.24) is 0 Å². The van der Waals surface area contributed by atoms with Gasteiger partial charge < -0.3 is 4.74 Å². The Kier molecular flexibility index (Phi) is 5.28. The number of carbonyl (C=O) groups excluding carboxylic acids is 1. The first-order valence-electron chi connectivity index (χ1n) is 6.88. The van der Waals surface area contributed by atoms with E-state index in [-0.39, 0.29) is 22.8 Å². The van der Waals surface area contributed by atoms with Crippen LogP contribution in [0.4, 0.5) is 5.69 Å². The summed E-state index contributed by atoms with van der Waals surface area (Å²) in [6.45, 7) is 1.90. The first-order valence-corrected chi connectivity index (χ1v) is 8.70. The molecule has 0 bridgehead atoms. The van der Waals surface area contributed by atoms with Gasteiger partial charge in [0.15, 0.2) is 0 Å². The number of ether oxygens (including phenoxy) is 1. The van der Waals surface area contributed by atoms with E-state index in [2.05, 4.69) is 0 Å². The highest BCUT2D eigenvalue weighted by molar-refractivity contribution is 7.92. The van der Waals surface area contributed by atoms with Crippen molar-refractivity contribution in [3.8, 4) is 0 Å². The number of para-hydroxylation sites is 1. The van der Waals surface area contributed by atoms with E-state index in [1.165, 1.54) is 37.4 Å². The predicted octanol–water partition coefficient (Wildman–Crippen LogP) is 3.34. The number of sulfonamides is 1. The summed E-state index contributed by atoms with van der Waals surface area (Å²) in [5, 5.41) is 0.443. The molecule has 0 heterocycles. The molecule has 0 saturated heterocycles. The largest absolute Gasteiger partial charge is 0.462 e. The van der Waals surface area contributed by atoms with Gasteiger partial charge in [-0.2, -0.15) is 0 Å². The Hall–Kier alpha value is -2.05. The fraction of sp³-hybridized carbons (Fsp3) is 0.188. The summed E-state index contributed by atoms with van der Waals surface area (Å²) in [5.74, 6) is -0.568. The van der Waals surface area contributed by atoms with Crippen LogP contribution in [0.1, 0.15) is 17.3 Å². The summed E-state index contributed by atoms with van der Waals surface area (Å²) in [6, 6.07) is 12.2. The quantitative estimate of drug-likeness (QED) is 0.773. The van der Waals surface area contributed by atoms with Crippen molar-refractivity contribution in [2.45, 2.75) is 11.8 Å². The first kappa shape index (κ1) is 17.3. The highest BCUT2D eigenvalue weighted by atomic mass is 35.5. The van der Waals surface area contributed by atoms with Crippen LogP contribution in [0.3, 0.4) is 0 Å². The lowest BCUT2D eigenvalue weighted by Gasteiger charge is -2.21. The third-order valence-electron chi connectivity index (χ3n) is 3.21. The zero-order chi connectivity index (χ0) is 17.0. The Morgan fingerprint density at radius 1 is 1.13 bits per heavy atom. The number of nitrogens with zero attached hydrogens (tertiary/aromatic N) is 1. The van der Waals surface area contributed by atoms with Crippen molar-refractivity contribution in [1.29, 1.82) is 0 Å². The highest BCUT2D eigenvalue weighted by Crippen LogP contribution is 2.26. The van der Waals surface area contributed by atoms with Gasteiger partial charge in [0.1, 0.15) is 0 Å². The summed E-state index contributed by atoms with van der Waals surface area (Å²) in [4.78, 5) is 12.1. The molecule has 0 aromatic heterocycles. The zero-order valence-corrected chi connectivity index (χ0v) is 14.3. The normalized spacial score (nSPS) is 11.1. The van der Waals surface area contributed by atoms with Crippen LogP contribution in [0, 0.1) is 0 Å². The Balaban J connectivity index is 2.46. The molecule has 0 aliphatic carbocycles. The minimum Gasteiger partial charge on any atom is -0.462 e.